The van der Waals surface area contributed by atoms with Gasteiger partial charge in [-0.3, -0.25) is 0 Å². The number of aromatic nitrogens is 1. The molecule has 0 spiro atoms. The molecule has 0 aliphatic carbocycles. The van der Waals surface area contributed by atoms with Crippen LogP contribution in [-0.4, -0.2) is 64.8 Å². The van der Waals surface area contributed by atoms with Crippen LogP contribution in [0.5, 0.6) is 0 Å². The lowest BCUT2D eigenvalue weighted by atomic mass is 9.97. The molecule has 7 nitrogen and oxygen atoms in total. The molecule has 3 rings (SSSR count). The van der Waals surface area contributed by atoms with Gasteiger partial charge >= 0.3 is 6.09 Å². The van der Waals surface area contributed by atoms with Crippen molar-refractivity contribution in [2.45, 2.75) is 143 Å². The molecule has 1 aromatic rings. The monoisotopic (exact) mass is 617 g/mol. The van der Waals surface area contributed by atoms with E-state index in [1.54, 1.807) is 0 Å². The van der Waals surface area contributed by atoms with Crippen LogP contribution in [0, 0.1) is 5.92 Å². The molecule has 0 aromatic carbocycles. The van der Waals surface area contributed by atoms with E-state index < -0.39 is 29.3 Å². The average Bonchev–Trinajstić information content (AvgIpc) is 3.18. The first kappa shape index (κ1) is 34.6. The van der Waals surface area contributed by atoms with Gasteiger partial charge in [-0.15, -0.1) is 0 Å². The fourth-order valence-electron chi connectivity index (χ4n) is 5.06. The van der Waals surface area contributed by atoms with E-state index in [1.807, 2.05) is 31.9 Å². The zero-order valence-electron chi connectivity index (χ0n) is 29.3. The number of pyridine rings is 1. The molecule has 9 heteroatoms. The summed E-state index contributed by atoms with van der Waals surface area (Å²) in [6.45, 7) is 34.0. The van der Waals surface area contributed by atoms with Crippen molar-refractivity contribution in [2.75, 3.05) is 18.0 Å². The molecule has 0 saturated carbocycles. The van der Waals surface area contributed by atoms with Crippen molar-refractivity contribution in [1.29, 1.82) is 0 Å². The Kier molecular flexibility index (Phi) is 9.83. The second-order valence-corrected chi connectivity index (χ2v) is 23.7. The Balaban J connectivity index is 1.99. The largest absolute Gasteiger partial charge is 0.549 e. The van der Waals surface area contributed by atoms with E-state index in [9.17, 15) is 4.79 Å². The summed E-state index contributed by atoms with van der Waals surface area (Å²) in [6.07, 6.45) is 4.59. The third-order valence-electron chi connectivity index (χ3n) is 9.60. The first-order chi connectivity index (χ1) is 18.9. The number of hydrogen-bond acceptors (Lipinski definition) is 6. The molecule has 2 atom stereocenters. The Bertz CT molecular complexity index is 1170. The van der Waals surface area contributed by atoms with Gasteiger partial charge in [-0.05, 0) is 94.8 Å². The van der Waals surface area contributed by atoms with Gasteiger partial charge in [0, 0.05) is 24.7 Å². The van der Waals surface area contributed by atoms with Crippen molar-refractivity contribution in [3.05, 3.63) is 29.1 Å². The van der Waals surface area contributed by atoms with Crippen LogP contribution in [0.4, 0.5) is 10.6 Å². The minimum absolute atomic E-state index is 0.117. The van der Waals surface area contributed by atoms with Crippen molar-refractivity contribution in [3.8, 4) is 0 Å². The number of amides is 1. The zero-order valence-corrected chi connectivity index (χ0v) is 31.7. The molecule has 1 aromatic heterocycles. The summed E-state index contributed by atoms with van der Waals surface area (Å²) in [5.74, 6) is 1.57. The number of rotatable bonds is 8. The maximum atomic E-state index is 13.0. The molecule has 0 radical (unpaired) electrons. The zero-order chi connectivity index (χ0) is 32.1. The maximum absolute atomic E-state index is 13.0. The fraction of sp³-hybridized carbons (Fsp3) is 0.758. The Morgan fingerprint density at radius 2 is 1.69 bits per heavy atom. The van der Waals surface area contributed by atoms with Crippen molar-refractivity contribution in [3.63, 3.8) is 0 Å². The lowest BCUT2D eigenvalue weighted by molar-refractivity contribution is 0.0191. The molecule has 1 fully saturated rings. The van der Waals surface area contributed by atoms with Crippen LogP contribution in [0.2, 0.25) is 23.2 Å². The lowest BCUT2D eigenvalue weighted by Crippen LogP contribution is -2.58. The summed E-state index contributed by atoms with van der Waals surface area (Å²) in [5, 5.41) is 0.291. The third kappa shape index (κ3) is 7.80. The van der Waals surface area contributed by atoms with Crippen LogP contribution in [0.25, 0.3) is 6.08 Å². The molecular weight excluding hydrogens is 559 g/mol. The van der Waals surface area contributed by atoms with E-state index in [2.05, 4.69) is 99.4 Å². The molecule has 1 amide bonds. The fourth-order valence-corrected chi connectivity index (χ4v) is 7.02. The molecule has 2 aliphatic rings. The Morgan fingerprint density at radius 1 is 1.07 bits per heavy atom. The maximum Gasteiger partial charge on any atom is 0.410 e. The van der Waals surface area contributed by atoms with E-state index >= 15 is 0 Å². The Labute approximate surface area is 259 Å². The molecule has 238 valence electrons. The third-order valence-corrected chi connectivity index (χ3v) is 16.4. The van der Waals surface area contributed by atoms with Gasteiger partial charge in [0.15, 0.2) is 9.76 Å². The molecule has 0 unspecified atom stereocenters. The number of piperazine rings is 1. The highest BCUT2D eigenvalue weighted by molar-refractivity contribution is 6.74. The number of hydrogen-bond donors (Lipinski definition) is 0. The summed E-state index contributed by atoms with van der Waals surface area (Å²) in [6, 6.07) is 2.57. The molecule has 0 bridgehead atoms. The highest BCUT2D eigenvalue weighted by Gasteiger charge is 2.43. The average molecular weight is 618 g/mol. The Morgan fingerprint density at radius 3 is 2.24 bits per heavy atom. The quantitative estimate of drug-likeness (QED) is 0.221. The van der Waals surface area contributed by atoms with Gasteiger partial charge in [0.05, 0.1) is 23.6 Å². The number of anilines is 1. The lowest BCUT2D eigenvalue weighted by Gasteiger charge is -2.43. The molecule has 42 heavy (non-hydrogen) atoms. The van der Waals surface area contributed by atoms with Gasteiger partial charge in [-0.1, -0.05) is 48.5 Å². The first-order valence-electron chi connectivity index (χ1n) is 15.7. The van der Waals surface area contributed by atoms with Gasteiger partial charge in [0.1, 0.15) is 11.4 Å². The summed E-state index contributed by atoms with van der Waals surface area (Å²) in [4.78, 5) is 22.6. The molecule has 1 saturated heterocycles. The number of ether oxygens (including phenoxy) is 1. The van der Waals surface area contributed by atoms with Crippen molar-refractivity contribution >= 4 is 36.1 Å². The first-order valence-corrected chi connectivity index (χ1v) is 19.9. The van der Waals surface area contributed by atoms with Gasteiger partial charge in [-0.2, -0.15) is 0 Å². The van der Waals surface area contributed by atoms with E-state index in [-0.39, 0.29) is 28.3 Å². The summed E-state index contributed by atoms with van der Waals surface area (Å²) >= 11 is 0. The normalized spacial score (nSPS) is 20.6. The van der Waals surface area contributed by atoms with E-state index in [4.69, 9.17) is 18.6 Å². The second kappa shape index (κ2) is 11.9. The predicted molar refractivity (Wildman–Crippen MR) is 180 cm³/mol. The number of nitrogens with zero attached hydrogens (tertiary/aromatic N) is 3. The molecule has 3 heterocycles. The summed E-state index contributed by atoms with van der Waals surface area (Å²) in [5.41, 5.74) is 2.14. The highest BCUT2D eigenvalue weighted by atomic mass is 28.4. The van der Waals surface area contributed by atoms with Gasteiger partial charge in [0.25, 0.3) is 0 Å². The van der Waals surface area contributed by atoms with Crippen LogP contribution in [0.1, 0.15) is 107 Å². The van der Waals surface area contributed by atoms with Crippen LogP contribution < -0.4 is 4.90 Å². The van der Waals surface area contributed by atoms with Crippen LogP contribution in [-0.2, 0) is 25.6 Å². The van der Waals surface area contributed by atoms with Crippen LogP contribution in [0.15, 0.2) is 12.3 Å². The highest BCUT2D eigenvalue weighted by Crippen LogP contribution is 2.42. The van der Waals surface area contributed by atoms with E-state index in [0.717, 1.165) is 23.5 Å². The number of fused-ring (bicyclic) bond motifs is 3. The Hall–Kier alpha value is -1.85. The van der Waals surface area contributed by atoms with Crippen LogP contribution >= 0.6 is 0 Å². The van der Waals surface area contributed by atoms with Gasteiger partial charge in [0.2, 0.25) is 8.32 Å². The minimum Gasteiger partial charge on any atom is -0.549 e. The molecule has 2 aliphatic heterocycles. The second-order valence-electron chi connectivity index (χ2n) is 16.5. The van der Waals surface area contributed by atoms with Gasteiger partial charge < -0.3 is 23.4 Å². The van der Waals surface area contributed by atoms with Crippen molar-refractivity contribution < 1.29 is 18.4 Å². The van der Waals surface area contributed by atoms with E-state index in [0.29, 0.717) is 19.0 Å². The smallest absolute Gasteiger partial charge is 0.410 e. The van der Waals surface area contributed by atoms with Crippen molar-refractivity contribution in [1.82, 2.24) is 9.88 Å². The van der Waals surface area contributed by atoms with Gasteiger partial charge in [-0.25, -0.2) is 9.78 Å². The SMILES string of the molecule is CC(C)C(C)(C)[SiH2]OC(C)(C)c1nc2c(cc1/C=C/O[Si](C)(C)C(C)(C)C)C[C@@H]1CN(C(=O)OC(C)(C)C)C[C@@H](C)N21. The van der Waals surface area contributed by atoms with Crippen molar-refractivity contribution in [2.24, 2.45) is 5.92 Å². The van der Waals surface area contributed by atoms with E-state index in [1.165, 1.54) is 5.56 Å². The summed E-state index contributed by atoms with van der Waals surface area (Å²) < 4.78 is 19.0. The standard InChI is InChI=1S/C33H59N3O4Si2/c1-22(2)33(12,13)41-40-32(10,11)27-24(16-17-38-42(14,15)31(7,8)9)18-25-19-26-21-35(29(37)39-30(4,5)6)20-23(3)36(26)28(25)34-27/h16-18,22-23,26H,19-21,41H2,1-15H3/b17-16+/t23-,26-/m1/s1. The number of carbonyl (C=O) groups is 1. The topological polar surface area (TPSA) is 64.1 Å². The minimum atomic E-state index is -1.95. The molecule has 0 N–H and O–H groups in total. The molecular formula is C33H59N3O4Si2. The summed E-state index contributed by atoms with van der Waals surface area (Å²) in [7, 11) is -2.82. The number of carbonyl (C=O) groups excluding carboxylic acids is 1. The van der Waals surface area contributed by atoms with Crippen LogP contribution in [0.3, 0.4) is 0 Å². The predicted octanol–water partition coefficient (Wildman–Crippen LogP) is 7.63.